The van der Waals surface area contributed by atoms with Crippen LogP contribution >= 0.6 is 0 Å². The number of benzene rings is 1. The molecule has 0 heterocycles. The number of carbonyl (C=O) groups excluding carboxylic acids is 1. The number of hydrogen-bond donors (Lipinski definition) is 1. The van der Waals surface area contributed by atoms with E-state index in [1.165, 1.54) is 0 Å². The molecule has 88 valence electrons. The van der Waals surface area contributed by atoms with E-state index < -0.39 is 5.97 Å². The summed E-state index contributed by atoms with van der Waals surface area (Å²) in [6.45, 7) is 4.77. The number of hydrogen-bond acceptors (Lipinski definition) is 4. The second-order valence-corrected chi connectivity index (χ2v) is 3.32. The van der Waals surface area contributed by atoms with Crippen LogP contribution in [0.1, 0.15) is 30.6 Å². The number of nitrogen functional groups attached to an aromatic ring is 1. The quantitative estimate of drug-likeness (QED) is 0.614. The van der Waals surface area contributed by atoms with Gasteiger partial charge in [0.25, 0.3) is 0 Å². The lowest BCUT2D eigenvalue weighted by atomic mass is 10.2. The normalized spacial score (nSPS) is 9.88. The molecule has 0 saturated carbocycles. The Labute approximate surface area is 95.3 Å². The highest BCUT2D eigenvalue weighted by molar-refractivity contribution is 5.95. The van der Waals surface area contributed by atoms with Crippen LogP contribution in [0, 0.1) is 0 Å². The van der Waals surface area contributed by atoms with Gasteiger partial charge in [-0.15, -0.1) is 0 Å². The van der Waals surface area contributed by atoms with Gasteiger partial charge in [-0.25, -0.2) is 4.79 Å². The zero-order valence-electron chi connectivity index (χ0n) is 9.66. The van der Waals surface area contributed by atoms with Crippen molar-refractivity contribution in [2.75, 3.05) is 18.9 Å². The van der Waals surface area contributed by atoms with Gasteiger partial charge in [-0.2, -0.15) is 0 Å². The monoisotopic (exact) mass is 223 g/mol. The summed E-state index contributed by atoms with van der Waals surface area (Å²) in [5.74, 6) is 0.223. The highest BCUT2D eigenvalue weighted by Gasteiger charge is 2.12. The van der Waals surface area contributed by atoms with Gasteiger partial charge in [0, 0.05) is 5.69 Å². The van der Waals surface area contributed by atoms with Crippen LogP contribution in [0.25, 0.3) is 0 Å². The van der Waals surface area contributed by atoms with E-state index in [2.05, 4.69) is 0 Å². The third-order valence-electron chi connectivity index (χ3n) is 1.99. The second-order valence-electron chi connectivity index (χ2n) is 3.32. The number of rotatable bonds is 5. The molecule has 0 bridgehead atoms. The molecular formula is C12H17NO3. The maximum absolute atomic E-state index is 11.6. The first-order valence-electron chi connectivity index (χ1n) is 5.38. The zero-order chi connectivity index (χ0) is 12.0. The summed E-state index contributed by atoms with van der Waals surface area (Å²) in [7, 11) is 0. The first-order valence-corrected chi connectivity index (χ1v) is 5.38. The molecule has 0 spiro atoms. The molecule has 16 heavy (non-hydrogen) atoms. The van der Waals surface area contributed by atoms with Gasteiger partial charge in [-0.3, -0.25) is 0 Å². The summed E-state index contributed by atoms with van der Waals surface area (Å²) >= 11 is 0. The molecule has 0 unspecified atom stereocenters. The van der Waals surface area contributed by atoms with Crippen LogP contribution in [0.5, 0.6) is 5.75 Å². The molecule has 0 fully saturated rings. The molecule has 0 aliphatic carbocycles. The summed E-state index contributed by atoms with van der Waals surface area (Å²) in [6.07, 6.45) is 0.788. The molecule has 1 rings (SSSR count). The van der Waals surface area contributed by atoms with E-state index in [9.17, 15) is 4.79 Å². The first-order chi connectivity index (χ1) is 7.69. The Bertz CT molecular complexity index is 363. The topological polar surface area (TPSA) is 61.5 Å². The van der Waals surface area contributed by atoms with Gasteiger partial charge >= 0.3 is 5.97 Å². The Morgan fingerprint density at radius 3 is 2.75 bits per heavy atom. The van der Waals surface area contributed by atoms with E-state index >= 15 is 0 Å². The lowest BCUT2D eigenvalue weighted by molar-refractivity contribution is 0.0506. The lowest BCUT2D eigenvalue weighted by Crippen LogP contribution is -2.09. The smallest absolute Gasteiger partial charge is 0.340 e. The van der Waals surface area contributed by atoms with Crippen LogP contribution in [0.15, 0.2) is 18.2 Å². The SMILES string of the molecule is CCCOC(=O)c1cc(OCC)ccc1N. The molecule has 0 atom stereocenters. The third-order valence-corrected chi connectivity index (χ3v) is 1.99. The number of anilines is 1. The molecule has 0 aromatic heterocycles. The van der Waals surface area contributed by atoms with Gasteiger partial charge in [0.05, 0.1) is 18.8 Å². The number of carbonyl (C=O) groups is 1. The maximum atomic E-state index is 11.6. The van der Waals surface area contributed by atoms with Crippen LogP contribution < -0.4 is 10.5 Å². The average molecular weight is 223 g/mol. The Morgan fingerprint density at radius 2 is 2.12 bits per heavy atom. The summed E-state index contributed by atoms with van der Waals surface area (Å²) in [5.41, 5.74) is 6.47. The van der Waals surface area contributed by atoms with Gasteiger partial charge in [-0.1, -0.05) is 6.92 Å². The molecule has 4 heteroatoms. The van der Waals surface area contributed by atoms with Crippen molar-refractivity contribution in [3.63, 3.8) is 0 Å². The van der Waals surface area contributed by atoms with Crippen molar-refractivity contribution in [1.29, 1.82) is 0 Å². The van der Waals surface area contributed by atoms with E-state index in [0.717, 1.165) is 6.42 Å². The van der Waals surface area contributed by atoms with Gasteiger partial charge in [-0.05, 0) is 31.5 Å². The van der Waals surface area contributed by atoms with Crippen molar-refractivity contribution in [3.05, 3.63) is 23.8 Å². The molecular weight excluding hydrogens is 206 g/mol. The van der Waals surface area contributed by atoms with Gasteiger partial charge in [0.15, 0.2) is 0 Å². The van der Waals surface area contributed by atoms with Gasteiger partial charge in [0.2, 0.25) is 0 Å². The fraction of sp³-hybridized carbons (Fsp3) is 0.417. The number of nitrogens with two attached hydrogens (primary N) is 1. The highest BCUT2D eigenvalue weighted by atomic mass is 16.5. The molecule has 0 saturated heterocycles. The van der Waals surface area contributed by atoms with Crippen LogP contribution in [-0.2, 0) is 4.74 Å². The van der Waals surface area contributed by atoms with Crippen molar-refractivity contribution in [2.45, 2.75) is 20.3 Å². The lowest BCUT2D eigenvalue weighted by Gasteiger charge is -2.08. The average Bonchev–Trinajstić information content (AvgIpc) is 2.29. The predicted octanol–water partition coefficient (Wildman–Crippen LogP) is 2.23. The molecule has 4 nitrogen and oxygen atoms in total. The van der Waals surface area contributed by atoms with Crippen LogP contribution in [0.4, 0.5) is 5.69 Å². The molecule has 0 aliphatic heterocycles. The fourth-order valence-electron chi connectivity index (χ4n) is 1.24. The van der Waals surface area contributed by atoms with Gasteiger partial charge < -0.3 is 15.2 Å². The minimum absolute atomic E-state index is 0.361. The Balaban J connectivity index is 2.84. The van der Waals surface area contributed by atoms with Crippen molar-refractivity contribution in [2.24, 2.45) is 0 Å². The third kappa shape index (κ3) is 3.15. The summed E-state index contributed by atoms with van der Waals surface area (Å²) in [6, 6.07) is 4.99. The molecule has 1 aromatic carbocycles. The van der Waals surface area contributed by atoms with Crippen molar-refractivity contribution in [3.8, 4) is 5.75 Å². The maximum Gasteiger partial charge on any atom is 0.340 e. The Hall–Kier alpha value is -1.71. The predicted molar refractivity (Wildman–Crippen MR) is 62.6 cm³/mol. The zero-order valence-corrected chi connectivity index (χ0v) is 9.66. The van der Waals surface area contributed by atoms with Crippen molar-refractivity contribution < 1.29 is 14.3 Å². The van der Waals surface area contributed by atoms with Crippen LogP contribution in [0.3, 0.4) is 0 Å². The number of esters is 1. The second kappa shape index (κ2) is 6.00. The summed E-state index contributed by atoms with van der Waals surface area (Å²) in [5, 5.41) is 0. The van der Waals surface area contributed by atoms with Crippen molar-refractivity contribution in [1.82, 2.24) is 0 Å². The molecule has 0 aliphatic rings. The van der Waals surface area contributed by atoms with Crippen molar-refractivity contribution >= 4 is 11.7 Å². The minimum Gasteiger partial charge on any atom is -0.494 e. The van der Waals surface area contributed by atoms with E-state index in [0.29, 0.717) is 30.2 Å². The molecule has 0 radical (unpaired) electrons. The van der Waals surface area contributed by atoms with Crippen LogP contribution in [-0.4, -0.2) is 19.2 Å². The molecule has 0 amide bonds. The molecule has 1 aromatic rings. The summed E-state index contributed by atoms with van der Waals surface area (Å²) in [4.78, 5) is 11.6. The number of ether oxygens (including phenoxy) is 2. The highest BCUT2D eigenvalue weighted by Crippen LogP contribution is 2.20. The largest absolute Gasteiger partial charge is 0.494 e. The van der Waals surface area contributed by atoms with E-state index in [1.807, 2.05) is 13.8 Å². The fourth-order valence-corrected chi connectivity index (χ4v) is 1.24. The summed E-state index contributed by atoms with van der Waals surface area (Å²) < 4.78 is 10.3. The Kier molecular flexibility index (Phi) is 4.64. The van der Waals surface area contributed by atoms with E-state index in [4.69, 9.17) is 15.2 Å². The standard InChI is InChI=1S/C12H17NO3/c1-3-7-16-12(14)10-8-9(15-4-2)5-6-11(10)13/h5-6,8H,3-4,7,13H2,1-2H3. The minimum atomic E-state index is -0.402. The molecule has 2 N–H and O–H groups in total. The van der Waals surface area contributed by atoms with E-state index in [1.54, 1.807) is 18.2 Å². The van der Waals surface area contributed by atoms with Crippen LogP contribution in [0.2, 0.25) is 0 Å². The van der Waals surface area contributed by atoms with E-state index in [-0.39, 0.29) is 0 Å². The Morgan fingerprint density at radius 1 is 1.38 bits per heavy atom. The van der Waals surface area contributed by atoms with Gasteiger partial charge in [0.1, 0.15) is 5.75 Å². The first kappa shape index (κ1) is 12.4.